The van der Waals surface area contributed by atoms with E-state index >= 15 is 13.8 Å². The normalized spacial score (nSPS) is 26.7. The van der Waals surface area contributed by atoms with E-state index in [0.29, 0.717) is 50.2 Å². The lowest BCUT2D eigenvalue weighted by molar-refractivity contribution is -0.166. The Labute approximate surface area is 509 Å². The minimum Gasteiger partial charge on any atom is -0.465 e. The number of ether oxygens (including phenoxy) is 1. The van der Waals surface area contributed by atoms with Crippen LogP contribution in [0, 0.1) is 17.3 Å². The summed E-state index contributed by atoms with van der Waals surface area (Å²) in [7, 11) is 0.651. The monoisotopic (exact) mass is 1260 g/mol. The van der Waals surface area contributed by atoms with Gasteiger partial charge in [-0.1, -0.05) is 82.4 Å². The van der Waals surface area contributed by atoms with Gasteiger partial charge < -0.3 is 73.3 Å². The number of aromatic amines is 1. The average molecular weight is 1260 g/mol. The van der Waals surface area contributed by atoms with Crippen LogP contribution in [-0.2, 0) is 70.0 Å². The fraction of sp³-hybridized carbons (Fsp3) is 0.661. The van der Waals surface area contributed by atoms with Crippen LogP contribution in [0.15, 0.2) is 23.2 Å². The van der Waals surface area contributed by atoms with E-state index in [9.17, 15) is 58.5 Å². The molecule has 5 aliphatic heterocycles. The molecule has 0 aliphatic carbocycles. The maximum absolute atomic E-state index is 16.1. The zero-order valence-corrected chi connectivity index (χ0v) is 51.8. The van der Waals surface area contributed by atoms with Crippen molar-refractivity contribution in [2.24, 2.45) is 23.0 Å². The maximum atomic E-state index is 16.1. The summed E-state index contributed by atoms with van der Waals surface area (Å²) < 4.78 is 22.0. The van der Waals surface area contributed by atoms with Gasteiger partial charge in [0.2, 0.25) is 64.7 Å². The third-order valence-corrected chi connectivity index (χ3v) is 19.7. The number of rotatable bonds is 21. The van der Waals surface area contributed by atoms with E-state index in [1.54, 1.807) is 13.8 Å². The number of unbranched alkanes of at least 4 members (excludes halogenated alkanes) is 3. The number of aromatic nitrogens is 1. The number of primary amides is 1. The largest absolute Gasteiger partial charge is 0.465 e. The van der Waals surface area contributed by atoms with E-state index in [1.807, 2.05) is 20.8 Å². The van der Waals surface area contributed by atoms with Crippen molar-refractivity contribution in [3.05, 3.63) is 23.8 Å². The Balaban J connectivity index is 1.47. The molecular weight excluding hydrogens is 1180 g/mol. The number of aliphatic hydroxyl groups is 3. The number of carbonyl (C=O) groups excluding carboxylic acids is 11. The summed E-state index contributed by atoms with van der Waals surface area (Å²) in [6.07, 6.45) is -2.69. The first-order valence-electron chi connectivity index (χ1n) is 29.1. The van der Waals surface area contributed by atoms with E-state index in [2.05, 4.69) is 47.5 Å². The molecule has 2 aromatic rings. The van der Waals surface area contributed by atoms with Crippen LogP contribution in [0.5, 0.6) is 5.75 Å². The van der Waals surface area contributed by atoms with E-state index in [0.717, 1.165) is 0 Å². The first kappa shape index (κ1) is 68.9. The first-order chi connectivity index (χ1) is 40.7. The van der Waals surface area contributed by atoms with Crippen molar-refractivity contribution in [2.45, 2.75) is 171 Å². The summed E-state index contributed by atoms with van der Waals surface area (Å²) in [6.45, 7) is 7.78. The van der Waals surface area contributed by atoms with Crippen molar-refractivity contribution in [3.8, 4) is 5.75 Å². The fourth-order valence-electron chi connectivity index (χ4n) is 10.7. The average Bonchev–Trinajstić information content (AvgIpc) is 1.52. The predicted octanol–water partition coefficient (Wildman–Crippen LogP) is -1.65. The number of nitrogens with one attached hydrogen (secondary N) is 9. The van der Waals surface area contributed by atoms with Gasteiger partial charge in [0.05, 0.1) is 66.4 Å². The zero-order valence-electron chi connectivity index (χ0n) is 49.3. The molecule has 9 amide bonds. The molecule has 0 saturated carbocycles. The van der Waals surface area contributed by atoms with Gasteiger partial charge in [-0.25, -0.2) is 4.90 Å². The third-order valence-electron chi connectivity index (χ3n) is 15.9. The summed E-state index contributed by atoms with van der Waals surface area (Å²) in [5, 5.41) is 53.8. The van der Waals surface area contributed by atoms with Crippen molar-refractivity contribution >= 4 is 108 Å². The molecule has 14 N–H and O–H groups in total. The smallest absolute Gasteiger partial charge is 0.244 e. The van der Waals surface area contributed by atoms with Gasteiger partial charge in [-0.3, -0.25) is 56.9 Å². The molecule has 0 radical (unpaired) electrons. The van der Waals surface area contributed by atoms with E-state index < -0.39 is 187 Å². The maximum Gasteiger partial charge on any atom is 0.244 e. The highest BCUT2D eigenvalue weighted by atomic mass is 33.1. The standard InChI is InChI=1S/C56H83N11O16S3/c1-7-29(2)46-52(80)60-24-44(74)61-38-28-86(82)54-34-22-37(49(77)59-25-45(75)65-46)63-53(81)47(30(3)40(70)27-68)66-51(79)39-20-31(69)26-67(39)56(48(76)36(23-42(57)72)62-50(38)78,83-32-12-13-33(34)35(21-32)64-54)16-10-8-9-11-17-58-43(73)15-19-85-84-18-14-41(71)55(4,5)6/h12-13,21,29-31,36-40,46-47,64,68-70H,7-11,14-20,22-28H2,1-6H3,(H2,57,72)(H,58,73)(H,59,77)(H,60,80)(H,61,74)(H,62,78)(H,63,81)(H,65,75)(H,66,79)/t29-,30-,31?,36-,37?,38?,39-,40-,46-,47-,56?,86+/m0/s1. The molecule has 8 bridgehead atoms. The van der Waals surface area contributed by atoms with Gasteiger partial charge in [0.25, 0.3) is 0 Å². The van der Waals surface area contributed by atoms with Gasteiger partial charge in [-0.15, -0.1) is 0 Å². The third kappa shape index (κ3) is 18.0. The second kappa shape index (κ2) is 31.1. The number of fused-ring (bicyclic) bond motifs is 7. The molecule has 1 aromatic heterocycles. The Morgan fingerprint density at radius 3 is 2.20 bits per heavy atom. The summed E-state index contributed by atoms with van der Waals surface area (Å²) in [5.74, 6) is -10.6. The highest BCUT2D eigenvalue weighted by Crippen LogP contribution is 2.39. The SMILES string of the molecule is CC[C@H](C)[C@@H]1NC(=O)CNC(=O)C2Cc3c4[nH]c5cc(ccc35)OC(CCCCCCNC(=O)CCSSCCC(=O)C(C)(C)C)(C(=O)[C@H](CC(N)=O)NC(=O)C(C[S@]4=O)NC(=O)CNC1=O)N1CC(O)C[C@H]1C(=O)N[C@@H]([C@@H](C)[C@@H](O)CO)C(=O)N2. The molecule has 86 heavy (non-hydrogen) atoms. The fourth-order valence-corrected chi connectivity index (χ4v) is 14.1. The number of nitrogens with two attached hydrogens (primary N) is 1. The second-order valence-corrected chi connectivity index (χ2v) is 27.5. The lowest BCUT2D eigenvalue weighted by Crippen LogP contribution is -2.68. The second-order valence-electron chi connectivity index (χ2n) is 23.4. The Bertz CT molecular complexity index is 2890. The minimum absolute atomic E-state index is 0.0536. The molecule has 4 unspecified atom stereocenters. The predicted molar refractivity (Wildman–Crippen MR) is 319 cm³/mol. The Morgan fingerprint density at radius 2 is 1.52 bits per heavy atom. The van der Waals surface area contributed by atoms with Gasteiger partial charge in [0.1, 0.15) is 46.8 Å². The van der Waals surface area contributed by atoms with Gasteiger partial charge in [0, 0.05) is 73.1 Å². The number of hydrogen-bond acceptors (Lipinski definition) is 19. The lowest BCUT2D eigenvalue weighted by atomic mass is 9.89. The van der Waals surface area contributed by atoms with Crippen molar-refractivity contribution < 1.29 is 77.0 Å². The van der Waals surface area contributed by atoms with E-state index in [1.165, 1.54) is 51.6 Å². The molecule has 1 aromatic carbocycles. The van der Waals surface area contributed by atoms with Crippen molar-refractivity contribution in [3.63, 3.8) is 0 Å². The minimum atomic E-state index is -2.43. The number of nitrogens with zero attached hydrogens (tertiary/aromatic N) is 1. The lowest BCUT2D eigenvalue weighted by Gasteiger charge is -2.45. The number of H-pyrrole nitrogens is 1. The number of ketones is 2. The van der Waals surface area contributed by atoms with Crippen LogP contribution >= 0.6 is 21.6 Å². The molecule has 5 aliphatic rings. The number of benzene rings is 1. The summed E-state index contributed by atoms with van der Waals surface area (Å²) in [4.78, 5) is 159. The van der Waals surface area contributed by atoms with Gasteiger partial charge in [-0.2, -0.15) is 0 Å². The van der Waals surface area contributed by atoms with Crippen molar-refractivity contribution in [2.75, 3.05) is 50.0 Å². The molecule has 1 fully saturated rings. The number of aliphatic hydroxyl groups excluding tert-OH is 3. The molecule has 7 rings (SSSR count). The van der Waals surface area contributed by atoms with Crippen LogP contribution in [0.4, 0.5) is 0 Å². The van der Waals surface area contributed by atoms with Crippen LogP contribution in [0.3, 0.4) is 0 Å². The molecule has 30 heteroatoms. The number of hydrogen-bond donors (Lipinski definition) is 13. The number of Topliss-reactive ketones (excluding diaryl/α,β-unsaturated/α-hetero) is 2. The quantitative estimate of drug-likeness (QED) is 0.0492. The van der Waals surface area contributed by atoms with Gasteiger partial charge in [-0.05, 0) is 42.9 Å². The Hall–Kier alpha value is -6.18. The first-order valence-corrected chi connectivity index (χ1v) is 32.9. The van der Waals surface area contributed by atoms with Gasteiger partial charge >= 0.3 is 0 Å². The molecular formula is C56H83N11O16S3. The highest BCUT2D eigenvalue weighted by Gasteiger charge is 2.57. The van der Waals surface area contributed by atoms with Crippen LogP contribution in [0.1, 0.15) is 111 Å². The van der Waals surface area contributed by atoms with Crippen LogP contribution in [0.25, 0.3) is 10.9 Å². The summed E-state index contributed by atoms with van der Waals surface area (Å²) >= 11 is 0. The summed E-state index contributed by atoms with van der Waals surface area (Å²) in [6, 6.07) is -5.68. The zero-order chi connectivity index (χ0) is 63.2. The van der Waals surface area contributed by atoms with Crippen LogP contribution in [-0.4, -0.2) is 198 Å². The Morgan fingerprint density at radius 1 is 0.849 bits per heavy atom. The number of carbonyl (C=O) groups is 11. The van der Waals surface area contributed by atoms with Gasteiger partial charge in [0.15, 0.2) is 0 Å². The van der Waals surface area contributed by atoms with Crippen molar-refractivity contribution in [1.29, 1.82) is 0 Å². The van der Waals surface area contributed by atoms with Crippen LogP contribution in [0.2, 0.25) is 0 Å². The van der Waals surface area contributed by atoms with Crippen LogP contribution < -0.4 is 53.0 Å². The topological polar surface area (TPSA) is 416 Å². The number of amides is 9. The van der Waals surface area contributed by atoms with E-state index in [4.69, 9.17) is 10.5 Å². The highest BCUT2D eigenvalue weighted by molar-refractivity contribution is 8.76. The molecule has 0 spiro atoms. The molecule has 476 valence electrons. The van der Waals surface area contributed by atoms with Crippen molar-refractivity contribution in [1.82, 2.24) is 52.4 Å². The Kier molecular flexibility index (Phi) is 25.0. The summed E-state index contributed by atoms with van der Waals surface area (Å²) in [5.41, 5.74) is 3.27. The van der Waals surface area contributed by atoms with E-state index in [-0.39, 0.29) is 58.2 Å². The molecule has 12 atom stereocenters. The molecule has 6 heterocycles. The molecule has 1 saturated heterocycles. The molecule has 27 nitrogen and oxygen atoms in total.